The van der Waals surface area contributed by atoms with Crippen LogP contribution in [0.2, 0.25) is 0 Å². The van der Waals surface area contributed by atoms with Gasteiger partial charge in [0.1, 0.15) is 0 Å². The summed E-state index contributed by atoms with van der Waals surface area (Å²) in [5.74, 6) is 0. The molecule has 0 nitrogen and oxygen atoms in total. The Bertz CT molecular complexity index is 455. The summed E-state index contributed by atoms with van der Waals surface area (Å²) in [6.07, 6.45) is 2.20. The average Bonchev–Trinajstić information content (AvgIpc) is 2.33. The van der Waals surface area contributed by atoms with E-state index < -0.39 is 0 Å². The van der Waals surface area contributed by atoms with Gasteiger partial charge in [0.25, 0.3) is 0 Å². The zero-order chi connectivity index (χ0) is 11.2. The molecule has 0 aliphatic carbocycles. The van der Waals surface area contributed by atoms with E-state index in [-0.39, 0.29) is 0 Å². The SMILES string of the molecule is Cc1ccc(C=C[Se]c2ccccc2)cc1. The molecular formula is C15H14Se. The third-order valence-corrected chi connectivity index (χ3v) is 4.00. The Balaban J connectivity index is 1.98. The predicted molar refractivity (Wildman–Crippen MR) is 72.0 cm³/mol. The van der Waals surface area contributed by atoms with Crippen LogP contribution in [0.25, 0.3) is 6.08 Å². The van der Waals surface area contributed by atoms with Crippen LogP contribution in [-0.4, -0.2) is 15.0 Å². The first kappa shape index (κ1) is 11.2. The second kappa shape index (κ2) is 5.69. The zero-order valence-corrected chi connectivity index (χ0v) is 11.0. The summed E-state index contributed by atoms with van der Waals surface area (Å²) < 4.78 is 1.42. The van der Waals surface area contributed by atoms with E-state index in [9.17, 15) is 0 Å². The predicted octanol–water partition coefficient (Wildman–Crippen LogP) is 3.00. The van der Waals surface area contributed by atoms with E-state index in [1.807, 2.05) is 0 Å². The van der Waals surface area contributed by atoms with Gasteiger partial charge in [0, 0.05) is 0 Å². The second-order valence-corrected chi connectivity index (χ2v) is 5.70. The Labute approximate surface area is 103 Å². The minimum absolute atomic E-state index is 0.437. The van der Waals surface area contributed by atoms with Crippen molar-refractivity contribution < 1.29 is 0 Å². The van der Waals surface area contributed by atoms with Gasteiger partial charge in [0.2, 0.25) is 0 Å². The normalized spacial score (nSPS) is 10.8. The fourth-order valence-electron chi connectivity index (χ4n) is 1.37. The topological polar surface area (TPSA) is 0 Å². The summed E-state index contributed by atoms with van der Waals surface area (Å²) in [6, 6.07) is 19.2. The average molecular weight is 273 g/mol. The summed E-state index contributed by atoms with van der Waals surface area (Å²) >= 11 is 0.437. The van der Waals surface area contributed by atoms with Gasteiger partial charge in [-0.3, -0.25) is 0 Å². The number of rotatable bonds is 3. The van der Waals surface area contributed by atoms with E-state index in [1.165, 1.54) is 15.6 Å². The van der Waals surface area contributed by atoms with Crippen molar-refractivity contribution >= 4 is 25.5 Å². The fraction of sp³-hybridized carbons (Fsp3) is 0.0667. The van der Waals surface area contributed by atoms with E-state index in [0.717, 1.165) is 0 Å². The van der Waals surface area contributed by atoms with E-state index in [1.54, 1.807) is 0 Å². The van der Waals surface area contributed by atoms with E-state index in [4.69, 9.17) is 0 Å². The molecule has 0 aliphatic rings. The van der Waals surface area contributed by atoms with Crippen molar-refractivity contribution in [2.24, 2.45) is 0 Å². The molecule has 0 radical (unpaired) electrons. The summed E-state index contributed by atoms with van der Waals surface area (Å²) in [6.45, 7) is 2.11. The van der Waals surface area contributed by atoms with E-state index >= 15 is 0 Å². The van der Waals surface area contributed by atoms with Gasteiger partial charge in [-0.15, -0.1) is 0 Å². The molecule has 16 heavy (non-hydrogen) atoms. The van der Waals surface area contributed by atoms with Gasteiger partial charge in [0.05, 0.1) is 0 Å². The van der Waals surface area contributed by atoms with Gasteiger partial charge in [0.15, 0.2) is 0 Å². The molecule has 0 fully saturated rings. The van der Waals surface area contributed by atoms with Crippen molar-refractivity contribution in [1.29, 1.82) is 0 Å². The number of hydrogen-bond acceptors (Lipinski definition) is 0. The van der Waals surface area contributed by atoms with Gasteiger partial charge in [-0.25, -0.2) is 0 Å². The third kappa shape index (κ3) is 3.37. The quantitative estimate of drug-likeness (QED) is 0.754. The van der Waals surface area contributed by atoms with Crippen LogP contribution in [0.5, 0.6) is 0 Å². The Morgan fingerprint density at radius 3 is 2.25 bits per heavy atom. The standard InChI is InChI=1S/C15H14Se/c1-13-7-9-14(10-8-13)11-12-16-15-5-3-2-4-6-15/h2-12H,1H3. The Hall–Kier alpha value is -1.30. The summed E-state index contributed by atoms with van der Waals surface area (Å²) in [4.78, 5) is 2.27. The van der Waals surface area contributed by atoms with Gasteiger partial charge in [-0.2, -0.15) is 0 Å². The Morgan fingerprint density at radius 1 is 0.875 bits per heavy atom. The number of benzene rings is 2. The molecule has 0 amide bonds. The van der Waals surface area contributed by atoms with E-state index in [0.29, 0.717) is 15.0 Å². The molecule has 0 atom stereocenters. The van der Waals surface area contributed by atoms with Gasteiger partial charge >= 0.3 is 103 Å². The zero-order valence-electron chi connectivity index (χ0n) is 9.26. The molecule has 0 aromatic heterocycles. The minimum atomic E-state index is 0.437. The molecule has 2 aromatic rings. The monoisotopic (exact) mass is 274 g/mol. The van der Waals surface area contributed by atoms with Crippen LogP contribution in [-0.2, 0) is 0 Å². The van der Waals surface area contributed by atoms with Crippen molar-refractivity contribution in [1.82, 2.24) is 0 Å². The van der Waals surface area contributed by atoms with Crippen molar-refractivity contribution in [3.05, 3.63) is 70.7 Å². The summed E-state index contributed by atoms with van der Waals surface area (Å²) in [5.41, 5.74) is 2.59. The Morgan fingerprint density at radius 2 is 1.56 bits per heavy atom. The first-order chi connectivity index (χ1) is 7.84. The molecule has 2 rings (SSSR count). The molecule has 0 unspecified atom stereocenters. The molecule has 0 spiro atoms. The van der Waals surface area contributed by atoms with Crippen LogP contribution in [0, 0.1) is 6.92 Å². The summed E-state index contributed by atoms with van der Waals surface area (Å²) in [7, 11) is 0. The van der Waals surface area contributed by atoms with Crippen LogP contribution in [0.3, 0.4) is 0 Å². The van der Waals surface area contributed by atoms with Crippen LogP contribution >= 0.6 is 0 Å². The van der Waals surface area contributed by atoms with Crippen molar-refractivity contribution in [2.45, 2.75) is 6.92 Å². The molecule has 2 aromatic carbocycles. The van der Waals surface area contributed by atoms with Gasteiger partial charge in [-0.05, 0) is 0 Å². The van der Waals surface area contributed by atoms with Gasteiger partial charge < -0.3 is 0 Å². The third-order valence-electron chi connectivity index (χ3n) is 2.29. The molecule has 0 aliphatic heterocycles. The molecule has 0 saturated heterocycles. The number of hydrogen-bond donors (Lipinski definition) is 0. The van der Waals surface area contributed by atoms with Crippen LogP contribution in [0.1, 0.15) is 11.1 Å². The fourth-order valence-corrected chi connectivity index (χ4v) is 2.83. The molecule has 0 bridgehead atoms. The van der Waals surface area contributed by atoms with Crippen molar-refractivity contribution in [3.63, 3.8) is 0 Å². The van der Waals surface area contributed by atoms with Crippen LogP contribution < -0.4 is 4.46 Å². The van der Waals surface area contributed by atoms with Crippen LogP contribution in [0.15, 0.2) is 59.6 Å². The second-order valence-electron chi connectivity index (χ2n) is 3.64. The molecule has 80 valence electrons. The van der Waals surface area contributed by atoms with Crippen molar-refractivity contribution in [3.8, 4) is 0 Å². The van der Waals surface area contributed by atoms with E-state index in [2.05, 4.69) is 72.6 Å². The molecule has 0 saturated carbocycles. The summed E-state index contributed by atoms with van der Waals surface area (Å²) in [5, 5.41) is 0. The van der Waals surface area contributed by atoms with Gasteiger partial charge in [-0.1, -0.05) is 0 Å². The molecular weight excluding hydrogens is 259 g/mol. The first-order valence-corrected chi connectivity index (χ1v) is 7.14. The van der Waals surface area contributed by atoms with Crippen molar-refractivity contribution in [2.75, 3.05) is 0 Å². The molecule has 1 heteroatoms. The van der Waals surface area contributed by atoms with Crippen LogP contribution in [0.4, 0.5) is 0 Å². The maximum absolute atomic E-state index is 2.27. The first-order valence-electron chi connectivity index (χ1n) is 5.29. The molecule has 0 heterocycles. The number of aryl methyl sites for hydroxylation is 1. The maximum atomic E-state index is 2.27. The Kier molecular flexibility index (Phi) is 3.98. The molecule has 0 N–H and O–H groups in total.